The van der Waals surface area contributed by atoms with Crippen molar-refractivity contribution < 1.29 is 19.4 Å². The van der Waals surface area contributed by atoms with Crippen LogP contribution in [0, 0.1) is 0 Å². The van der Waals surface area contributed by atoms with Crippen LogP contribution >= 0.6 is 0 Å². The molecule has 0 fully saturated rings. The molecule has 0 heterocycles. The summed E-state index contributed by atoms with van der Waals surface area (Å²) in [7, 11) is 1.62. The first-order chi connectivity index (χ1) is 13.0. The molecule has 1 atom stereocenters. The summed E-state index contributed by atoms with van der Waals surface area (Å²) in [6.45, 7) is 4.72. The highest BCUT2D eigenvalue weighted by Gasteiger charge is 2.07. The lowest BCUT2D eigenvalue weighted by atomic mass is 10.1. The fourth-order valence-electron chi connectivity index (χ4n) is 2.32. The van der Waals surface area contributed by atoms with Gasteiger partial charge >= 0.3 is 0 Å². The van der Waals surface area contributed by atoms with Gasteiger partial charge in [0.25, 0.3) is 0 Å². The number of aliphatic hydroxyl groups excluding tert-OH is 1. The Morgan fingerprint density at radius 1 is 1.07 bits per heavy atom. The Morgan fingerprint density at radius 2 is 1.70 bits per heavy atom. The maximum Gasteiger partial charge on any atom is 0.185 e. The molecule has 1 unspecified atom stereocenters. The van der Waals surface area contributed by atoms with Crippen molar-refractivity contribution >= 4 is 11.9 Å². The van der Waals surface area contributed by atoms with Crippen LogP contribution in [0.15, 0.2) is 54.6 Å². The average Bonchev–Trinajstić information content (AvgIpc) is 2.69. The molecule has 2 N–H and O–H groups in total. The number of carbonyl (C=O) groups is 1. The lowest BCUT2D eigenvalue weighted by molar-refractivity contribution is 0.103. The van der Waals surface area contributed by atoms with Gasteiger partial charge in [-0.25, -0.2) is 0 Å². The van der Waals surface area contributed by atoms with Gasteiger partial charge in [-0.1, -0.05) is 32.1 Å². The largest absolute Gasteiger partial charge is 0.497 e. The third-order valence-electron chi connectivity index (χ3n) is 3.89. The monoisotopic (exact) mass is 369 g/mol. The SMILES string of the molecule is COc1ccc(C=CC(=O)c2ccc(OCC(O)CNC(C)C)cc2)cc1. The Hall–Kier alpha value is -2.63. The molecule has 27 heavy (non-hydrogen) atoms. The summed E-state index contributed by atoms with van der Waals surface area (Å²) in [5.41, 5.74) is 1.50. The molecule has 2 aromatic rings. The zero-order chi connectivity index (χ0) is 19.6. The molecule has 0 bridgehead atoms. The van der Waals surface area contributed by atoms with Gasteiger partial charge in [-0.3, -0.25) is 4.79 Å². The van der Waals surface area contributed by atoms with Crippen LogP contribution in [0.25, 0.3) is 6.08 Å². The Labute approximate surface area is 160 Å². The van der Waals surface area contributed by atoms with E-state index in [4.69, 9.17) is 9.47 Å². The third-order valence-corrected chi connectivity index (χ3v) is 3.89. The number of aliphatic hydroxyl groups is 1. The first kappa shape index (κ1) is 20.7. The number of benzene rings is 2. The zero-order valence-electron chi connectivity index (χ0n) is 16.0. The minimum absolute atomic E-state index is 0.0847. The molecule has 0 aliphatic rings. The van der Waals surface area contributed by atoms with Crippen molar-refractivity contribution in [3.63, 3.8) is 0 Å². The van der Waals surface area contributed by atoms with Crippen LogP contribution in [0.2, 0.25) is 0 Å². The van der Waals surface area contributed by atoms with Crippen LogP contribution in [0.3, 0.4) is 0 Å². The molecule has 0 amide bonds. The van der Waals surface area contributed by atoms with Gasteiger partial charge in [-0.15, -0.1) is 0 Å². The maximum absolute atomic E-state index is 12.3. The number of allylic oxidation sites excluding steroid dienone is 1. The summed E-state index contributed by atoms with van der Waals surface area (Å²) in [6, 6.07) is 14.7. The van der Waals surface area contributed by atoms with Gasteiger partial charge in [-0.05, 0) is 48.0 Å². The lowest BCUT2D eigenvalue weighted by Crippen LogP contribution is -2.35. The molecule has 5 nitrogen and oxygen atoms in total. The van der Waals surface area contributed by atoms with E-state index in [1.54, 1.807) is 43.5 Å². The molecule has 144 valence electrons. The molecular formula is C22H27NO4. The predicted molar refractivity (Wildman–Crippen MR) is 107 cm³/mol. The van der Waals surface area contributed by atoms with Crippen molar-refractivity contribution in [1.82, 2.24) is 5.32 Å². The number of ketones is 1. The van der Waals surface area contributed by atoms with Crippen LogP contribution in [0.1, 0.15) is 29.8 Å². The van der Waals surface area contributed by atoms with Gasteiger partial charge in [0.15, 0.2) is 5.78 Å². The van der Waals surface area contributed by atoms with Gasteiger partial charge in [0.05, 0.1) is 7.11 Å². The average molecular weight is 369 g/mol. The second kappa shape index (κ2) is 10.5. The Kier molecular flexibility index (Phi) is 8.04. The van der Waals surface area contributed by atoms with Crippen molar-refractivity contribution in [1.29, 1.82) is 0 Å². The van der Waals surface area contributed by atoms with Gasteiger partial charge in [0.1, 0.15) is 24.2 Å². The summed E-state index contributed by atoms with van der Waals surface area (Å²) in [5.74, 6) is 1.31. The highest BCUT2D eigenvalue weighted by molar-refractivity contribution is 6.06. The number of carbonyl (C=O) groups excluding carboxylic acids is 1. The van der Waals surface area contributed by atoms with Crippen molar-refractivity contribution in [2.45, 2.75) is 26.0 Å². The minimum Gasteiger partial charge on any atom is -0.497 e. The Bertz CT molecular complexity index is 736. The molecule has 0 spiro atoms. The highest BCUT2D eigenvalue weighted by atomic mass is 16.5. The molecular weight excluding hydrogens is 342 g/mol. The van der Waals surface area contributed by atoms with E-state index in [2.05, 4.69) is 5.32 Å². The molecule has 0 radical (unpaired) electrons. The zero-order valence-corrected chi connectivity index (χ0v) is 16.0. The standard InChI is InChI=1S/C22H27NO4/c1-16(2)23-14-19(24)15-27-21-11-7-18(8-12-21)22(25)13-6-17-4-9-20(26-3)10-5-17/h4-13,16,19,23-24H,14-15H2,1-3H3. The van der Waals surface area contributed by atoms with E-state index in [9.17, 15) is 9.90 Å². The van der Waals surface area contributed by atoms with Crippen molar-refractivity contribution in [2.24, 2.45) is 0 Å². The normalized spacial score (nSPS) is 12.3. The second-order valence-corrected chi connectivity index (χ2v) is 6.52. The minimum atomic E-state index is -0.582. The molecule has 2 rings (SSSR count). The summed E-state index contributed by atoms with van der Waals surface area (Å²) in [6.07, 6.45) is 2.73. The van der Waals surface area contributed by atoms with E-state index in [0.29, 0.717) is 23.9 Å². The van der Waals surface area contributed by atoms with Crippen LogP contribution in [-0.4, -0.2) is 43.3 Å². The third kappa shape index (κ3) is 7.25. The molecule has 5 heteroatoms. The summed E-state index contributed by atoms with van der Waals surface area (Å²) in [5, 5.41) is 13.0. The van der Waals surface area contributed by atoms with E-state index >= 15 is 0 Å². The number of hydrogen-bond donors (Lipinski definition) is 2. The molecule has 0 saturated carbocycles. The maximum atomic E-state index is 12.3. The van der Waals surface area contributed by atoms with Crippen LogP contribution in [0.5, 0.6) is 11.5 Å². The fourth-order valence-corrected chi connectivity index (χ4v) is 2.32. The topological polar surface area (TPSA) is 67.8 Å². The first-order valence-electron chi connectivity index (χ1n) is 8.98. The van der Waals surface area contributed by atoms with E-state index in [1.165, 1.54) is 0 Å². The van der Waals surface area contributed by atoms with Gasteiger partial charge in [-0.2, -0.15) is 0 Å². The van der Waals surface area contributed by atoms with E-state index in [1.807, 2.05) is 38.1 Å². The second-order valence-electron chi connectivity index (χ2n) is 6.52. The molecule has 0 aliphatic heterocycles. The van der Waals surface area contributed by atoms with Gasteiger partial charge in [0.2, 0.25) is 0 Å². The van der Waals surface area contributed by atoms with Gasteiger partial charge in [0, 0.05) is 18.2 Å². The smallest absolute Gasteiger partial charge is 0.185 e. The van der Waals surface area contributed by atoms with Gasteiger partial charge < -0.3 is 19.9 Å². The highest BCUT2D eigenvalue weighted by Crippen LogP contribution is 2.15. The van der Waals surface area contributed by atoms with Crippen LogP contribution in [-0.2, 0) is 0 Å². The number of ether oxygens (including phenoxy) is 2. The lowest BCUT2D eigenvalue weighted by Gasteiger charge is -2.15. The van der Waals surface area contributed by atoms with Crippen molar-refractivity contribution in [3.8, 4) is 11.5 Å². The Balaban J connectivity index is 1.86. The molecule has 0 saturated heterocycles. The van der Waals surface area contributed by atoms with Crippen molar-refractivity contribution in [3.05, 3.63) is 65.7 Å². The van der Waals surface area contributed by atoms with Crippen LogP contribution < -0.4 is 14.8 Å². The van der Waals surface area contributed by atoms with E-state index in [-0.39, 0.29) is 12.4 Å². The fraction of sp³-hybridized carbons (Fsp3) is 0.318. The summed E-state index contributed by atoms with van der Waals surface area (Å²) in [4.78, 5) is 12.3. The number of rotatable bonds is 10. The quantitative estimate of drug-likeness (QED) is 0.497. The summed E-state index contributed by atoms with van der Waals surface area (Å²) < 4.78 is 10.7. The number of hydrogen-bond acceptors (Lipinski definition) is 5. The molecule has 0 aromatic heterocycles. The van der Waals surface area contributed by atoms with E-state index < -0.39 is 6.10 Å². The summed E-state index contributed by atoms with van der Waals surface area (Å²) >= 11 is 0. The Morgan fingerprint density at radius 3 is 2.30 bits per heavy atom. The predicted octanol–water partition coefficient (Wildman–Crippen LogP) is 3.33. The number of methoxy groups -OCH3 is 1. The number of nitrogens with one attached hydrogen (secondary N) is 1. The molecule has 0 aliphatic carbocycles. The van der Waals surface area contributed by atoms with E-state index in [0.717, 1.165) is 11.3 Å². The van der Waals surface area contributed by atoms with Crippen LogP contribution in [0.4, 0.5) is 0 Å². The van der Waals surface area contributed by atoms with Crippen molar-refractivity contribution in [2.75, 3.05) is 20.3 Å². The molecule has 2 aromatic carbocycles. The first-order valence-corrected chi connectivity index (χ1v) is 8.98.